The molecule has 11 nitrogen and oxygen atoms in total. The summed E-state index contributed by atoms with van der Waals surface area (Å²) in [6.07, 6.45) is 13.3. The summed E-state index contributed by atoms with van der Waals surface area (Å²) in [4.78, 5) is 68.6. The van der Waals surface area contributed by atoms with E-state index in [0.717, 1.165) is 51.9 Å². The zero-order valence-electron chi connectivity index (χ0n) is 29.9. The molecule has 3 aliphatic carbocycles. The Bertz CT molecular complexity index is 1440. The molecule has 0 aromatic carbocycles. The lowest BCUT2D eigenvalue weighted by Crippen LogP contribution is -2.64. The van der Waals surface area contributed by atoms with E-state index in [1.54, 1.807) is 25.7 Å². The molecule has 0 radical (unpaired) electrons. The van der Waals surface area contributed by atoms with E-state index in [0.29, 0.717) is 19.4 Å². The lowest BCUT2D eigenvalue weighted by molar-refractivity contribution is -0.145. The lowest BCUT2D eigenvalue weighted by Gasteiger charge is -2.41. The Morgan fingerprint density at radius 1 is 0.917 bits per heavy atom. The van der Waals surface area contributed by atoms with Gasteiger partial charge < -0.3 is 20.9 Å². The van der Waals surface area contributed by atoms with Gasteiger partial charge >= 0.3 is 6.03 Å². The zero-order chi connectivity index (χ0) is 35.9. The van der Waals surface area contributed by atoms with Gasteiger partial charge in [-0.15, -0.1) is 12.3 Å². The zero-order valence-corrected chi connectivity index (χ0v) is 30.7. The van der Waals surface area contributed by atoms with E-state index >= 15 is 0 Å². The summed E-state index contributed by atoms with van der Waals surface area (Å²) in [5.74, 6) is 0.0310. The first-order valence-corrected chi connectivity index (χ1v) is 19.2. The number of fused-ring (bicyclic) bond motifs is 3. The van der Waals surface area contributed by atoms with E-state index in [9.17, 15) is 32.4 Å². The van der Waals surface area contributed by atoms with Gasteiger partial charge in [0, 0.05) is 19.9 Å². The topological polar surface area (TPSA) is 159 Å². The molecule has 4 fully saturated rings. The van der Waals surface area contributed by atoms with Crippen LogP contribution in [0.15, 0.2) is 0 Å². The van der Waals surface area contributed by atoms with Crippen molar-refractivity contribution in [3.8, 4) is 12.3 Å². The molecule has 3 saturated carbocycles. The number of nitrogens with zero attached hydrogens (tertiary/aromatic N) is 1. The molecular formula is C36H56N4O7S. The van der Waals surface area contributed by atoms with Crippen LogP contribution in [0.1, 0.15) is 119 Å². The molecule has 5 atom stereocenters. The Morgan fingerprint density at radius 3 is 2.02 bits per heavy atom. The first kappa shape index (κ1) is 37.9. The highest BCUT2D eigenvalue weighted by Gasteiger charge is 2.74. The number of ketones is 2. The van der Waals surface area contributed by atoms with Gasteiger partial charge in [0.25, 0.3) is 0 Å². The summed E-state index contributed by atoms with van der Waals surface area (Å²) in [6.45, 7) is 12.0. The van der Waals surface area contributed by atoms with E-state index < -0.39 is 73.1 Å². The summed E-state index contributed by atoms with van der Waals surface area (Å²) in [7, 11) is -3.56. The molecule has 1 saturated heterocycles. The number of sulfone groups is 1. The summed E-state index contributed by atoms with van der Waals surface area (Å²) in [5.41, 5.74) is -1.74. The number of amides is 4. The molecule has 268 valence electrons. The van der Waals surface area contributed by atoms with Gasteiger partial charge in [0.2, 0.25) is 17.6 Å². The third kappa shape index (κ3) is 7.61. The molecule has 4 aliphatic rings. The predicted molar refractivity (Wildman–Crippen MR) is 183 cm³/mol. The van der Waals surface area contributed by atoms with Crippen molar-refractivity contribution in [1.29, 1.82) is 0 Å². The van der Waals surface area contributed by atoms with E-state index in [4.69, 9.17) is 6.42 Å². The van der Waals surface area contributed by atoms with Gasteiger partial charge in [-0.1, -0.05) is 52.9 Å². The van der Waals surface area contributed by atoms with E-state index in [-0.39, 0.29) is 35.8 Å². The molecule has 3 unspecified atom stereocenters. The average molecular weight is 689 g/mol. The van der Waals surface area contributed by atoms with Crippen LogP contribution in [0.5, 0.6) is 0 Å². The van der Waals surface area contributed by atoms with Gasteiger partial charge in [0.1, 0.15) is 12.1 Å². The maximum atomic E-state index is 14.5. The lowest BCUT2D eigenvalue weighted by atomic mass is 9.83. The summed E-state index contributed by atoms with van der Waals surface area (Å²) in [5, 5.41) is 8.68. The molecule has 0 aromatic heterocycles. The van der Waals surface area contributed by atoms with Crippen molar-refractivity contribution in [2.75, 3.05) is 12.3 Å². The Balaban J connectivity index is 1.59. The smallest absolute Gasteiger partial charge is 0.315 e. The highest BCUT2D eigenvalue weighted by atomic mass is 32.2. The number of piperidine rings is 1. The third-order valence-corrected chi connectivity index (χ3v) is 14.2. The maximum Gasteiger partial charge on any atom is 0.315 e. The first-order valence-electron chi connectivity index (χ1n) is 17.6. The highest BCUT2D eigenvalue weighted by molar-refractivity contribution is 7.92. The van der Waals surface area contributed by atoms with Gasteiger partial charge in [-0.3, -0.25) is 19.2 Å². The molecule has 12 heteroatoms. The molecule has 0 aromatic rings. The molecule has 0 bridgehead atoms. The molecular weight excluding hydrogens is 632 g/mol. The minimum Gasteiger partial charge on any atom is -0.344 e. The van der Waals surface area contributed by atoms with E-state index in [2.05, 4.69) is 21.9 Å². The SMILES string of the molecule is C#CCCC(NC(=O)[C@@H]1C2C(CN1C(=O)[C@@H](NC(=O)NC1(CS(=O)(=O)C(C)(C)C)CCCCC1)C(C)(C)C)C21CCCC1)C(=O)C(C)=O. The number of carbonyl (C=O) groups excluding carboxylic acids is 5. The second kappa shape index (κ2) is 13.8. The van der Waals surface area contributed by atoms with Crippen molar-refractivity contribution in [1.82, 2.24) is 20.9 Å². The molecule has 1 spiro atoms. The van der Waals surface area contributed by atoms with Gasteiger partial charge in [-0.2, -0.15) is 0 Å². The quantitative estimate of drug-likeness (QED) is 0.221. The largest absolute Gasteiger partial charge is 0.344 e. The number of hydrogen-bond acceptors (Lipinski definition) is 7. The van der Waals surface area contributed by atoms with Crippen molar-refractivity contribution in [2.45, 2.75) is 148 Å². The Hall–Kier alpha value is -2.94. The van der Waals surface area contributed by atoms with Crippen molar-refractivity contribution in [2.24, 2.45) is 22.7 Å². The van der Waals surface area contributed by atoms with Crippen LogP contribution in [-0.2, 0) is 29.0 Å². The normalized spacial score (nSPS) is 25.7. The van der Waals surface area contributed by atoms with Crippen LogP contribution < -0.4 is 16.0 Å². The molecule has 4 amide bonds. The fraction of sp³-hybridized carbons (Fsp3) is 0.806. The number of hydrogen-bond donors (Lipinski definition) is 3. The first-order chi connectivity index (χ1) is 22.2. The third-order valence-electron chi connectivity index (χ3n) is 11.4. The number of rotatable bonds is 11. The van der Waals surface area contributed by atoms with Crippen LogP contribution in [-0.4, -0.2) is 83.4 Å². The highest BCUT2D eigenvalue weighted by Crippen LogP contribution is 2.72. The van der Waals surface area contributed by atoms with E-state index in [1.807, 2.05) is 20.8 Å². The molecule has 1 heterocycles. The fourth-order valence-corrected chi connectivity index (χ4v) is 10.1. The van der Waals surface area contributed by atoms with Crippen LogP contribution >= 0.6 is 0 Å². The average Bonchev–Trinajstić information content (AvgIpc) is 3.29. The van der Waals surface area contributed by atoms with Crippen LogP contribution in [0.3, 0.4) is 0 Å². The molecule has 1 aliphatic heterocycles. The van der Waals surface area contributed by atoms with Crippen molar-refractivity contribution in [3.63, 3.8) is 0 Å². The van der Waals surface area contributed by atoms with E-state index in [1.165, 1.54) is 0 Å². The molecule has 3 N–H and O–H groups in total. The number of likely N-dealkylation sites (tertiary alicyclic amines) is 1. The minimum absolute atomic E-state index is 0.0222. The Kier molecular flexibility index (Phi) is 10.9. The number of Topliss-reactive ketones (excluding diaryl/α,β-unsaturated/α-hetero) is 2. The van der Waals surface area contributed by atoms with Gasteiger partial charge in [0.15, 0.2) is 15.6 Å². The Morgan fingerprint density at radius 2 is 1.50 bits per heavy atom. The summed E-state index contributed by atoms with van der Waals surface area (Å²) in [6, 6.07) is -3.59. The van der Waals surface area contributed by atoms with Crippen LogP contribution in [0.4, 0.5) is 4.79 Å². The van der Waals surface area contributed by atoms with Crippen LogP contribution in [0.25, 0.3) is 0 Å². The number of urea groups is 1. The molecule has 48 heavy (non-hydrogen) atoms. The minimum atomic E-state index is -3.56. The molecule has 4 rings (SSSR count). The Labute approximate surface area is 286 Å². The van der Waals surface area contributed by atoms with Crippen molar-refractivity contribution in [3.05, 3.63) is 0 Å². The number of terminal acetylenes is 1. The summed E-state index contributed by atoms with van der Waals surface area (Å²) >= 11 is 0. The predicted octanol–water partition coefficient (Wildman–Crippen LogP) is 3.69. The van der Waals surface area contributed by atoms with Gasteiger partial charge in [-0.25, -0.2) is 13.2 Å². The second-order valence-electron chi connectivity index (χ2n) is 16.8. The van der Waals surface area contributed by atoms with Gasteiger partial charge in [0.05, 0.1) is 22.1 Å². The maximum absolute atomic E-state index is 14.5. The van der Waals surface area contributed by atoms with Crippen LogP contribution in [0, 0.1) is 35.0 Å². The second-order valence-corrected chi connectivity index (χ2v) is 19.6. The number of carbonyl (C=O) groups is 5. The van der Waals surface area contributed by atoms with Crippen LogP contribution in [0.2, 0.25) is 0 Å². The van der Waals surface area contributed by atoms with Gasteiger partial charge in [-0.05, 0) is 75.5 Å². The van der Waals surface area contributed by atoms with Crippen molar-refractivity contribution >= 4 is 39.2 Å². The summed E-state index contributed by atoms with van der Waals surface area (Å²) < 4.78 is 25.6. The number of nitrogens with one attached hydrogen (secondary N) is 3. The monoisotopic (exact) mass is 688 g/mol. The fourth-order valence-electron chi connectivity index (χ4n) is 8.57. The standard InChI is InChI=1S/C36H56N4O7S/c1-9-10-16-25(28(42)23(2)41)37-30(43)27-26-24(36(26)19-14-15-20-36)21-40(27)31(44)29(33(3,4)5)38-32(45)39-35(17-12-11-13-18-35)22-48(46,47)34(6,7)8/h1,24-27,29H,10-22H2,2-8H3,(H,37,43)(H2,38,39,45)/t24?,25?,26?,27-,29+/m0/s1. The van der Waals surface area contributed by atoms with Crippen molar-refractivity contribution < 1.29 is 32.4 Å².